The minimum absolute atomic E-state index is 0.0264. The number of amides is 1. The Hall–Kier alpha value is -1.03. The lowest BCUT2D eigenvalue weighted by Crippen LogP contribution is -2.11. The molecule has 4 heteroatoms. The normalized spacial score (nSPS) is 10.8. The molecular formula is C22H36BrNO2. The van der Waals surface area contributed by atoms with Crippen molar-refractivity contribution in [2.45, 2.75) is 96.8 Å². The lowest BCUT2D eigenvalue weighted by molar-refractivity contribution is -0.116. The molecule has 0 atom stereocenters. The summed E-state index contributed by atoms with van der Waals surface area (Å²) >= 11 is 3.25. The Morgan fingerprint density at radius 2 is 1.38 bits per heavy atom. The second-order valence-electron chi connectivity index (χ2n) is 7.18. The van der Waals surface area contributed by atoms with Crippen molar-refractivity contribution >= 4 is 27.5 Å². The van der Waals surface area contributed by atoms with E-state index in [-0.39, 0.29) is 11.7 Å². The van der Waals surface area contributed by atoms with Crippen LogP contribution in [-0.4, -0.2) is 11.0 Å². The van der Waals surface area contributed by atoms with Gasteiger partial charge in [0, 0.05) is 6.42 Å². The van der Waals surface area contributed by atoms with E-state index in [2.05, 4.69) is 28.2 Å². The fraction of sp³-hybridized carbons (Fsp3) is 0.682. The fourth-order valence-electron chi connectivity index (χ4n) is 3.13. The van der Waals surface area contributed by atoms with Crippen molar-refractivity contribution in [2.75, 3.05) is 5.32 Å². The number of halogens is 1. The Bertz CT molecular complexity index is 505. The van der Waals surface area contributed by atoms with Gasteiger partial charge in [-0.3, -0.25) is 4.79 Å². The number of carbonyl (C=O) groups excluding carboxylic acids is 1. The third-order valence-corrected chi connectivity index (χ3v) is 5.41. The molecule has 2 N–H and O–H groups in total. The third kappa shape index (κ3) is 10.8. The quantitative estimate of drug-likeness (QED) is 0.224. The molecule has 0 aliphatic heterocycles. The maximum atomic E-state index is 11.9. The van der Waals surface area contributed by atoms with Crippen LogP contribution in [0.5, 0.6) is 5.75 Å². The van der Waals surface area contributed by atoms with E-state index >= 15 is 0 Å². The number of unbranched alkanes of at least 4 members (excludes halogenated alkanes) is 12. The first kappa shape index (κ1) is 23.0. The number of aromatic hydroxyl groups is 1. The van der Waals surface area contributed by atoms with Gasteiger partial charge in [0.25, 0.3) is 0 Å². The molecule has 3 nitrogen and oxygen atoms in total. The van der Waals surface area contributed by atoms with Crippen LogP contribution in [0, 0.1) is 0 Å². The number of hydrogen-bond donors (Lipinski definition) is 2. The lowest BCUT2D eigenvalue weighted by Gasteiger charge is -2.08. The summed E-state index contributed by atoms with van der Waals surface area (Å²) in [6.45, 7) is 2.26. The zero-order valence-corrected chi connectivity index (χ0v) is 18.0. The zero-order chi connectivity index (χ0) is 19.0. The molecule has 1 aromatic carbocycles. The molecule has 1 amide bonds. The molecule has 0 aliphatic rings. The van der Waals surface area contributed by atoms with Crippen LogP contribution in [0.4, 0.5) is 5.69 Å². The van der Waals surface area contributed by atoms with E-state index in [1.807, 2.05) is 0 Å². The lowest BCUT2D eigenvalue weighted by atomic mass is 10.0. The van der Waals surface area contributed by atoms with Gasteiger partial charge in [0.15, 0.2) is 5.75 Å². The van der Waals surface area contributed by atoms with E-state index in [4.69, 9.17) is 0 Å². The second kappa shape index (κ2) is 15.1. The van der Waals surface area contributed by atoms with Crippen molar-refractivity contribution in [3.05, 3.63) is 22.7 Å². The van der Waals surface area contributed by atoms with Gasteiger partial charge in [0.05, 0.1) is 10.2 Å². The molecule has 26 heavy (non-hydrogen) atoms. The van der Waals surface area contributed by atoms with Crippen LogP contribution in [0.3, 0.4) is 0 Å². The molecule has 0 heterocycles. The average Bonchev–Trinajstić information content (AvgIpc) is 2.63. The highest BCUT2D eigenvalue weighted by Gasteiger charge is 2.08. The molecule has 0 spiro atoms. The maximum Gasteiger partial charge on any atom is 0.224 e. The van der Waals surface area contributed by atoms with Gasteiger partial charge < -0.3 is 10.4 Å². The summed E-state index contributed by atoms with van der Waals surface area (Å²) < 4.78 is 0.594. The Morgan fingerprint density at radius 3 is 1.92 bits per heavy atom. The summed E-state index contributed by atoms with van der Waals surface area (Å²) in [5.41, 5.74) is 0.471. The summed E-state index contributed by atoms with van der Waals surface area (Å²) in [6, 6.07) is 5.25. The highest BCUT2D eigenvalue weighted by molar-refractivity contribution is 9.10. The first-order valence-electron chi connectivity index (χ1n) is 10.4. The topological polar surface area (TPSA) is 49.3 Å². The molecule has 0 unspecified atom stereocenters. The van der Waals surface area contributed by atoms with E-state index in [1.54, 1.807) is 18.2 Å². The number of rotatable bonds is 15. The van der Waals surface area contributed by atoms with E-state index in [1.165, 1.54) is 70.6 Å². The number of phenolic OH excluding ortho intramolecular Hbond substituents is 1. The predicted octanol–water partition coefficient (Wildman–Crippen LogP) is 7.57. The van der Waals surface area contributed by atoms with Crippen molar-refractivity contribution in [1.82, 2.24) is 0 Å². The highest BCUT2D eigenvalue weighted by Crippen LogP contribution is 2.31. The maximum absolute atomic E-state index is 11.9. The number of benzene rings is 1. The van der Waals surface area contributed by atoms with Gasteiger partial charge in [-0.2, -0.15) is 0 Å². The standard InChI is InChI=1S/C22H36BrNO2/c1-2-3-4-5-6-7-8-9-10-11-12-13-14-18-21(25)24-20-17-15-16-19(23)22(20)26/h15-17,26H,2-14,18H2,1H3,(H,24,25). The van der Waals surface area contributed by atoms with Gasteiger partial charge in [-0.25, -0.2) is 0 Å². The van der Waals surface area contributed by atoms with Gasteiger partial charge in [-0.15, -0.1) is 0 Å². The molecule has 1 rings (SSSR count). The van der Waals surface area contributed by atoms with Crippen molar-refractivity contribution in [3.8, 4) is 5.75 Å². The fourth-order valence-corrected chi connectivity index (χ4v) is 3.50. The van der Waals surface area contributed by atoms with E-state index in [0.717, 1.165) is 12.8 Å². The van der Waals surface area contributed by atoms with Crippen LogP contribution < -0.4 is 5.32 Å². The number of hydrogen-bond acceptors (Lipinski definition) is 2. The first-order chi connectivity index (χ1) is 12.6. The molecule has 0 bridgehead atoms. The van der Waals surface area contributed by atoms with E-state index in [0.29, 0.717) is 16.6 Å². The summed E-state index contributed by atoms with van der Waals surface area (Å²) in [6.07, 6.45) is 17.4. The summed E-state index contributed by atoms with van der Waals surface area (Å²) in [4.78, 5) is 11.9. The molecule has 0 saturated heterocycles. The number of para-hydroxylation sites is 1. The Labute approximate surface area is 168 Å². The highest BCUT2D eigenvalue weighted by atomic mass is 79.9. The number of phenols is 1. The van der Waals surface area contributed by atoms with Gasteiger partial charge >= 0.3 is 0 Å². The molecule has 148 valence electrons. The Balaban J connectivity index is 1.92. The molecule has 0 saturated carbocycles. The van der Waals surface area contributed by atoms with E-state index in [9.17, 15) is 9.90 Å². The summed E-state index contributed by atoms with van der Waals surface area (Å²) in [5, 5.41) is 12.6. The van der Waals surface area contributed by atoms with Crippen LogP contribution in [0.15, 0.2) is 22.7 Å². The van der Waals surface area contributed by atoms with Gasteiger partial charge in [0.1, 0.15) is 0 Å². The smallest absolute Gasteiger partial charge is 0.224 e. The number of carbonyl (C=O) groups is 1. The first-order valence-corrected chi connectivity index (χ1v) is 11.2. The SMILES string of the molecule is CCCCCCCCCCCCCCCC(=O)Nc1cccc(Br)c1O. The third-order valence-electron chi connectivity index (χ3n) is 4.77. The van der Waals surface area contributed by atoms with Crippen molar-refractivity contribution in [3.63, 3.8) is 0 Å². The van der Waals surface area contributed by atoms with Crippen molar-refractivity contribution in [2.24, 2.45) is 0 Å². The summed E-state index contributed by atoms with van der Waals surface area (Å²) in [7, 11) is 0. The van der Waals surface area contributed by atoms with Gasteiger partial charge in [-0.05, 0) is 34.5 Å². The van der Waals surface area contributed by atoms with Crippen LogP contribution in [0.2, 0.25) is 0 Å². The molecule has 0 fully saturated rings. The van der Waals surface area contributed by atoms with Gasteiger partial charge in [0.2, 0.25) is 5.91 Å². The monoisotopic (exact) mass is 425 g/mol. The number of nitrogens with one attached hydrogen (secondary N) is 1. The Kier molecular flexibility index (Phi) is 13.3. The minimum atomic E-state index is -0.0264. The molecular weight excluding hydrogens is 390 g/mol. The predicted molar refractivity (Wildman–Crippen MR) is 115 cm³/mol. The van der Waals surface area contributed by atoms with Crippen LogP contribution in [0.1, 0.15) is 96.8 Å². The molecule has 0 radical (unpaired) electrons. The van der Waals surface area contributed by atoms with Crippen LogP contribution >= 0.6 is 15.9 Å². The second-order valence-corrected chi connectivity index (χ2v) is 8.03. The van der Waals surface area contributed by atoms with Crippen molar-refractivity contribution in [1.29, 1.82) is 0 Å². The molecule has 1 aromatic rings. The Morgan fingerprint density at radius 1 is 0.885 bits per heavy atom. The minimum Gasteiger partial charge on any atom is -0.505 e. The van der Waals surface area contributed by atoms with Crippen molar-refractivity contribution < 1.29 is 9.90 Å². The number of anilines is 1. The molecule has 0 aromatic heterocycles. The average molecular weight is 426 g/mol. The molecule has 0 aliphatic carbocycles. The van der Waals surface area contributed by atoms with E-state index < -0.39 is 0 Å². The van der Waals surface area contributed by atoms with Gasteiger partial charge in [-0.1, -0.05) is 90.0 Å². The largest absolute Gasteiger partial charge is 0.505 e. The summed E-state index contributed by atoms with van der Waals surface area (Å²) in [5.74, 6) is 0.0627. The zero-order valence-electron chi connectivity index (χ0n) is 16.4. The van der Waals surface area contributed by atoms with Crippen LogP contribution in [-0.2, 0) is 4.79 Å². The van der Waals surface area contributed by atoms with Crippen LogP contribution in [0.25, 0.3) is 0 Å².